The standard InChI is InChI=1S/C24H32N6O5/c1-2-26-22(33)19-17(31)18(32)23(35-19)30-12-27-16-20(25)28-15(29-21(16)30)9-11-24(34)10-5-7-13-6-3-4-8-14(13)24/h12-14,17-19,23,31-32,34H,2-8,10H2,1H3,(H,26,33)(H2,25,28,29)/t13?,14?,17?,18-,19-,23+,24?/m0/s1. The number of carbonyl (C=O) groups excluding carboxylic acids is 1. The minimum Gasteiger partial charge on any atom is -0.387 e. The van der Waals surface area contributed by atoms with E-state index in [9.17, 15) is 20.1 Å². The molecule has 2 aromatic heterocycles. The normalized spacial score (nSPS) is 34.7. The van der Waals surface area contributed by atoms with E-state index in [0.717, 1.165) is 32.1 Å². The molecule has 35 heavy (non-hydrogen) atoms. The third-order valence-electron chi connectivity index (χ3n) is 7.62. The molecule has 4 unspecified atom stereocenters. The van der Waals surface area contributed by atoms with Gasteiger partial charge in [0.25, 0.3) is 5.91 Å². The van der Waals surface area contributed by atoms with Crippen molar-refractivity contribution < 1.29 is 24.9 Å². The van der Waals surface area contributed by atoms with E-state index < -0.39 is 36.0 Å². The van der Waals surface area contributed by atoms with Crippen LogP contribution < -0.4 is 11.1 Å². The SMILES string of the molecule is CCNC(=O)[C@H]1O[C@@H](n2cnc3c(N)nc(C#CC4(O)CCCC5CCCCC54)nc32)[C@@H](O)C1O. The molecule has 0 bridgehead atoms. The lowest BCUT2D eigenvalue weighted by atomic mass is 9.63. The molecule has 0 radical (unpaired) electrons. The summed E-state index contributed by atoms with van der Waals surface area (Å²) in [5.41, 5.74) is 5.58. The molecule has 2 saturated carbocycles. The molecule has 5 rings (SSSR count). The highest BCUT2D eigenvalue weighted by atomic mass is 16.6. The molecular weight excluding hydrogens is 452 g/mol. The highest BCUT2D eigenvalue weighted by Crippen LogP contribution is 2.45. The number of imidazole rings is 1. The van der Waals surface area contributed by atoms with E-state index in [1.54, 1.807) is 6.92 Å². The average Bonchev–Trinajstić information content (AvgIpc) is 3.40. The van der Waals surface area contributed by atoms with Crippen molar-refractivity contribution in [2.75, 3.05) is 12.3 Å². The summed E-state index contributed by atoms with van der Waals surface area (Å²) in [6.07, 6.45) is 3.31. The van der Waals surface area contributed by atoms with Crippen LogP contribution in [0.5, 0.6) is 0 Å². The largest absolute Gasteiger partial charge is 0.387 e. The van der Waals surface area contributed by atoms with E-state index in [-0.39, 0.29) is 28.7 Å². The summed E-state index contributed by atoms with van der Waals surface area (Å²) in [5, 5.41) is 34.9. The summed E-state index contributed by atoms with van der Waals surface area (Å²) in [5.74, 6) is 6.34. The minimum atomic E-state index is -1.42. The van der Waals surface area contributed by atoms with Crippen molar-refractivity contribution in [2.45, 2.75) is 82.0 Å². The molecule has 2 aromatic rings. The first-order valence-corrected chi connectivity index (χ1v) is 12.4. The first-order chi connectivity index (χ1) is 16.8. The molecule has 7 atom stereocenters. The van der Waals surface area contributed by atoms with Crippen LogP contribution in [0.3, 0.4) is 0 Å². The zero-order valence-electron chi connectivity index (χ0n) is 19.7. The van der Waals surface area contributed by atoms with Crippen molar-refractivity contribution in [3.63, 3.8) is 0 Å². The minimum absolute atomic E-state index is 0.0949. The first kappa shape index (κ1) is 23.9. The molecule has 6 N–H and O–H groups in total. The molecule has 3 heterocycles. The number of hydrogen-bond donors (Lipinski definition) is 5. The fourth-order valence-corrected chi connectivity index (χ4v) is 5.88. The van der Waals surface area contributed by atoms with Crippen molar-refractivity contribution >= 4 is 22.9 Å². The molecule has 3 aliphatic rings. The van der Waals surface area contributed by atoms with Gasteiger partial charge in [-0.1, -0.05) is 25.2 Å². The summed E-state index contributed by atoms with van der Waals surface area (Å²) in [6.45, 7) is 2.11. The van der Waals surface area contributed by atoms with Gasteiger partial charge in [-0.25, -0.2) is 15.0 Å². The highest BCUT2D eigenvalue weighted by molar-refractivity contribution is 5.83. The van der Waals surface area contributed by atoms with Crippen molar-refractivity contribution in [3.05, 3.63) is 12.2 Å². The second kappa shape index (κ2) is 9.35. The summed E-state index contributed by atoms with van der Waals surface area (Å²) in [7, 11) is 0. The third-order valence-corrected chi connectivity index (χ3v) is 7.62. The number of amides is 1. The summed E-state index contributed by atoms with van der Waals surface area (Å²) in [4.78, 5) is 25.2. The van der Waals surface area contributed by atoms with Gasteiger partial charge < -0.3 is 31.1 Å². The molecule has 1 amide bonds. The second-order valence-electron chi connectivity index (χ2n) is 9.80. The molecule has 188 valence electrons. The van der Waals surface area contributed by atoms with Crippen molar-refractivity contribution in [1.29, 1.82) is 0 Å². The van der Waals surface area contributed by atoms with Gasteiger partial charge in [-0.3, -0.25) is 9.36 Å². The molecule has 11 heteroatoms. The lowest BCUT2D eigenvalue weighted by Crippen LogP contribution is -2.45. The molecular formula is C24H32N6O5. The van der Waals surface area contributed by atoms with Crippen LogP contribution in [0.25, 0.3) is 11.2 Å². The van der Waals surface area contributed by atoms with Gasteiger partial charge >= 0.3 is 0 Å². The molecule has 1 aliphatic heterocycles. The number of hydrogen-bond acceptors (Lipinski definition) is 9. The Morgan fingerprint density at radius 3 is 2.83 bits per heavy atom. The van der Waals surface area contributed by atoms with E-state index in [0.29, 0.717) is 18.9 Å². The predicted octanol–water partition coefficient (Wildman–Crippen LogP) is 0.237. The van der Waals surface area contributed by atoms with Gasteiger partial charge in [0, 0.05) is 12.5 Å². The fraction of sp³-hybridized carbons (Fsp3) is 0.667. The number of nitrogens with zero attached hydrogens (tertiary/aromatic N) is 4. The molecule has 0 spiro atoms. The lowest BCUT2D eigenvalue weighted by molar-refractivity contribution is -0.137. The topological polar surface area (TPSA) is 169 Å². The van der Waals surface area contributed by atoms with Crippen molar-refractivity contribution in [2.24, 2.45) is 11.8 Å². The number of likely N-dealkylation sites (N-methyl/N-ethyl adjacent to an activating group) is 1. The van der Waals surface area contributed by atoms with Crippen LogP contribution in [0.15, 0.2) is 6.33 Å². The number of carbonyl (C=O) groups is 1. The number of aliphatic hydroxyl groups excluding tert-OH is 2. The Balaban J connectivity index is 1.46. The number of rotatable bonds is 3. The molecule has 11 nitrogen and oxygen atoms in total. The fourth-order valence-electron chi connectivity index (χ4n) is 5.88. The maximum atomic E-state index is 12.2. The number of nitrogens with two attached hydrogens (primary N) is 1. The van der Waals surface area contributed by atoms with E-state index in [1.807, 2.05) is 0 Å². The Hall–Kier alpha value is -2.78. The number of anilines is 1. The van der Waals surface area contributed by atoms with Crippen molar-refractivity contribution in [1.82, 2.24) is 24.8 Å². The maximum Gasteiger partial charge on any atom is 0.252 e. The zero-order chi connectivity index (χ0) is 24.7. The van der Waals surface area contributed by atoms with Crippen LogP contribution in [0, 0.1) is 23.7 Å². The number of fused-ring (bicyclic) bond motifs is 2. The van der Waals surface area contributed by atoms with E-state index in [1.165, 1.54) is 17.3 Å². The van der Waals surface area contributed by atoms with Gasteiger partial charge in [0.1, 0.15) is 23.3 Å². The zero-order valence-corrected chi connectivity index (χ0v) is 19.7. The lowest BCUT2D eigenvalue weighted by Gasteiger charge is -2.44. The van der Waals surface area contributed by atoms with Gasteiger partial charge in [-0.2, -0.15) is 0 Å². The van der Waals surface area contributed by atoms with Crippen LogP contribution >= 0.6 is 0 Å². The second-order valence-corrected chi connectivity index (χ2v) is 9.80. The van der Waals surface area contributed by atoms with Crippen LogP contribution in [-0.2, 0) is 9.53 Å². The molecule has 2 aliphatic carbocycles. The van der Waals surface area contributed by atoms with Gasteiger partial charge in [0.05, 0.1) is 6.33 Å². The number of ether oxygens (including phenoxy) is 1. The van der Waals surface area contributed by atoms with Crippen molar-refractivity contribution in [3.8, 4) is 11.8 Å². The summed E-state index contributed by atoms with van der Waals surface area (Å²) < 4.78 is 7.11. The van der Waals surface area contributed by atoms with Crippen LogP contribution in [0.2, 0.25) is 0 Å². The predicted molar refractivity (Wildman–Crippen MR) is 125 cm³/mol. The quantitative estimate of drug-likeness (QED) is 0.383. The summed E-state index contributed by atoms with van der Waals surface area (Å²) in [6, 6.07) is 0. The van der Waals surface area contributed by atoms with E-state index in [2.05, 4.69) is 32.1 Å². The third kappa shape index (κ3) is 4.25. The van der Waals surface area contributed by atoms with Gasteiger partial charge in [0.15, 0.2) is 23.8 Å². The Labute approximate surface area is 203 Å². The number of aromatic nitrogens is 4. The van der Waals surface area contributed by atoms with Crippen LogP contribution in [-0.4, -0.2) is 71.2 Å². The Morgan fingerprint density at radius 1 is 1.26 bits per heavy atom. The Bertz CT molecular complexity index is 1170. The monoisotopic (exact) mass is 484 g/mol. The van der Waals surface area contributed by atoms with E-state index >= 15 is 0 Å². The van der Waals surface area contributed by atoms with E-state index in [4.69, 9.17) is 10.5 Å². The van der Waals surface area contributed by atoms with Crippen LogP contribution in [0.4, 0.5) is 5.82 Å². The highest BCUT2D eigenvalue weighted by Gasteiger charge is 2.48. The first-order valence-electron chi connectivity index (χ1n) is 12.4. The number of nitrogen functional groups attached to an aromatic ring is 1. The number of aliphatic hydroxyl groups is 3. The molecule has 1 saturated heterocycles. The maximum absolute atomic E-state index is 12.2. The Kier molecular flexibility index (Phi) is 6.40. The van der Waals surface area contributed by atoms with Gasteiger partial charge in [0.2, 0.25) is 5.82 Å². The number of nitrogens with one attached hydrogen (secondary N) is 1. The Morgan fingerprint density at radius 2 is 2.03 bits per heavy atom. The average molecular weight is 485 g/mol. The summed E-state index contributed by atoms with van der Waals surface area (Å²) >= 11 is 0. The molecule has 0 aromatic carbocycles. The van der Waals surface area contributed by atoms with Crippen LogP contribution in [0.1, 0.15) is 63.9 Å². The smallest absolute Gasteiger partial charge is 0.252 e. The molecule has 3 fully saturated rings. The van der Waals surface area contributed by atoms with Gasteiger partial charge in [-0.05, 0) is 44.4 Å². The van der Waals surface area contributed by atoms with Gasteiger partial charge in [-0.15, -0.1) is 0 Å².